The van der Waals surface area contributed by atoms with E-state index in [-0.39, 0.29) is 12.4 Å². The van der Waals surface area contributed by atoms with Gasteiger partial charge >= 0.3 is 5.97 Å². The number of para-hydroxylation sites is 1. The second-order valence-electron chi connectivity index (χ2n) is 3.81. The normalized spacial score (nSPS) is 11.7. The average Bonchev–Trinajstić information content (AvgIpc) is 2.27. The second-order valence-corrected chi connectivity index (χ2v) is 6.92. The van der Waals surface area contributed by atoms with Crippen LogP contribution < -0.4 is 4.74 Å². The summed E-state index contributed by atoms with van der Waals surface area (Å²) in [4.78, 5) is 10.5. The lowest BCUT2D eigenvalue weighted by atomic mass is 10.2. The van der Waals surface area contributed by atoms with Crippen molar-refractivity contribution in [1.29, 1.82) is 0 Å². The SMILES string of the molecule is CS(=O)(=O)CCOc1c(Br)cccc1/C=C/C(=O)O. The Morgan fingerprint density at radius 3 is 2.74 bits per heavy atom. The van der Waals surface area contributed by atoms with Crippen LogP contribution in [0.2, 0.25) is 0 Å². The number of halogens is 1. The van der Waals surface area contributed by atoms with E-state index in [2.05, 4.69) is 15.9 Å². The third-order valence-electron chi connectivity index (χ3n) is 2.10. The van der Waals surface area contributed by atoms with Crippen molar-refractivity contribution < 1.29 is 23.1 Å². The largest absolute Gasteiger partial charge is 0.491 e. The van der Waals surface area contributed by atoms with Crippen molar-refractivity contribution in [1.82, 2.24) is 0 Å². The van der Waals surface area contributed by atoms with Crippen molar-refractivity contribution in [3.8, 4) is 5.75 Å². The molecule has 0 aliphatic carbocycles. The summed E-state index contributed by atoms with van der Waals surface area (Å²) in [6.45, 7) is 0.00928. The highest BCUT2D eigenvalue weighted by Gasteiger charge is 2.08. The summed E-state index contributed by atoms with van der Waals surface area (Å²) >= 11 is 3.28. The summed E-state index contributed by atoms with van der Waals surface area (Å²) in [5.41, 5.74) is 0.560. The minimum atomic E-state index is -3.10. The lowest BCUT2D eigenvalue weighted by Crippen LogP contribution is -2.12. The van der Waals surface area contributed by atoms with E-state index >= 15 is 0 Å². The Kier molecular flexibility index (Phi) is 5.56. The maximum absolute atomic E-state index is 11.0. The quantitative estimate of drug-likeness (QED) is 0.795. The third-order valence-corrected chi connectivity index (χ3v) is 3.64. The number of carboxylic acids is 1. The Hall–Kier alpha value is -1.34. The summed E-state index contributed by atoms with van der Waals surface area (Å²) in [5, 5.41) is 8.60. The standard InChI is InChI=1S/C12H13BrO5S/c1-19(16,17)8-7-18-12-9(5-6-11(14)15)3-2-4-10(12)13/h2-6H,7-8H2,1H3,(H,14,15)/b6-5+. The molecule has 1 aromatic carbocycles. The van der Waals surface area contributed by atoms with Gasteiger partial charge in [-0.3, -0.25) is 0 Å². The van der Waals surface area contributed by atoms with Crippen molar-refractivity contribution in [2.75, 3.05) is 18.6 Å². The van der Waals surface area contributed by atoms with Gasteiger partial charge in [0.05, 0.1) is 10.2 Å². The maximum atomic E-state index is 11.0. The summed E-state index contributed by atoms with van der Waals surface area (Å²) in [6, 6.07) is 5.14. The number of benzene rings is 1. The zero-order chi connectivity index (χ0) is 14.5. The van der Waals surface area contributed by atoms with E-state index in [0.717, 1.165) is 12.3 Å². The fraction of sp³-hybridized carbons (Fsp3) is 0.250. The molecule has 0 fully saturated rings. The topological polar surface area (TPSA) is 80.7 Å². The predicted octanol–water partition coefficient (Wildman–Crippen LogP) is 1.97. The first-order valence-electron chi connectivity index (χ1n) is 5.29. The number of rotatable bonds is 6. The fourth-order valence-electron chi connectivity index (χ4n) is 1.27. The Morgan fingerprint density at radius 1 is 1.47 bits per heavy atom. The zero-order valence-electron chi connectivity index (χ0n) is 10.2. The van der Waals surface area contributed by atoms with Crippen molar-refractivity contribution in [3.63, 3.8) is 0 Å². The molecular formula is C12H13BrO5S. The zero-order valence-corrected chi connectivity index (χ0v) is 12.6. The van der Waals surface area contributed by atoms with Crippen molar-refractivity contribution >= 4 is 37.8 Å². The van der Waals surface area contributed by atoms with E-state index in [1.165, 1.54) is 6.08 Å². The van der Waals surface area contributed by atoms with E-state index in [9.17, 15) is 13.2 Å². The minimum Gasteiger partial charge on any atom is -0.491 e. The van der Waals surface area contributed by atoms with Crippen LogP contribution in [0.1, 0.15) is 5.56 Å². The molecule has 0 bridgehead atoms. The molecule has 1 N–H and O–H groups in total. The van der Waals surface area contributed by atoms with Gasteiger partial charge < -0.3 is 9.84 Å². The van der Waals surface area contributed by atoms with Crippen molar-refractivity contribution in [3.05, 3.63) is 34.3 Å². The number of sulfone groups is 1. The molecule has 0 heterocycles. The number of carboxylic acid groups (broad SMARTS) is 1. The number of hydrogen-bond donors (Lipinski definition) is 1. The smallest absolute Gasteiger partial charge is 0.328 e. The van der Waals surface area contributed by atoms with E-state index < -0.39 is 15.8 Å². The molecule has 0 atom stereocenters. The first kappa shape index (κ1) is 15.7. The highest BCUT2D eigenvalue weighted by molar-refractivity contribution is 9.10. The van der Waals surface area contributed by atoms with Crippen molar-refractivity contribution in [2.24, 2.45) is 0 Å². The number of ether oxygens (including phenoxy) is 1. The van der Waals surface area contributed by atoms with Crippen LogP contribution in [-0.4, -0.2) is 38.1 Å². The van der Waals surface area contributed by atoms with Gasteiger partial charge in [-0.1, -0.05) is 12.1 Å². The monoisotopic (exact) mass is 348 g/mol. The van der Waals surface area contributed by atoms with Crippen LogP contribution in [0, 0.1) is 0 Å². The van der Waals surface area contributed by atoms with Gasteiger partial charge in [0.25, 0.3) is 0 Å². The molecule has 7 heteroatoms. The van der Waals surface area contributed by atoms with Crippen LogP contribution >= 0.6 is 15.9 Å². The van der Waals surface area contributed by atoms with E-state index in [4.69, 9.17) is 9.84 Å². The molecule has 0 saturated heterocycles. The maximum Gasteiger partial charge on any atom is 0.328 e. The molecule has 0 unspecified atom stereocenters. The number of hydrogen-bond acceptors (Lipinski definition) is 4. The van der Waals surface area contributed by atoms with Gasteiger partial charge in [0.2, 0.25) is 0 Å². The van der Waals surface area contributed by atoms with E-state index in [1.807, 2.05) is 0 Å². The average molecular weight is 349 g/mol. The highest BCUT2D eigenvalue weighted by Crippen LogP contribution is 2.30. The summed E-state index contributed by atoms with van der Waals surface area (Å²) in [6.07, 6.45) is 3.51. The molecule has 0 radical (unpaired) electrons. The minimum absolute atomic E-state index is 0.00928. The van der Waals surface area contributed by atoms with Gasteiger partial charge in [0.15, 0.2) is 9.84 Å². The first-order valence-corrected chi connectivity index (χ1v) is 8.15. The number of aliphatic carboxylic acids is 1. The third kappa shape index (κ3) is 5.89. The highest BCUT2D eigenvalue weighted by atomic mass is 79.9. The summed E-state index contributed by atoms with van der Waals surface area (Å²) < 4.78 is 28.1. The molecule has 5 nitrogen and oxygen atoms in total. The van der Waals surface area contributed by atoms with Gasteiger partial charge in [-0.15, -0.1) is 0 Å². The number of carbonyl (C=O) groups is 1. The van der Waals surface area contributed by atoms with Crippen LogP contribution in [0.5, 0.6) is 5.75 Å². The second kappa shape index (κ2) is 6.72. The van der Waals surface area contributed by atoms with Gasteiger partial charge in [0.1, 0.15) is 12.4 Å². The summed E-state index contributed by atoms with van der Waals surface area (Å²) in [5.74, 6) is -0.748. The molecular weight excluding hydrogens is 336 g/mol. The van der Waals surface area contributed by atoms with Gasteiger partial charge in [-0.25, -0.2) is 13.2 Å². The lowest BCUT2D eigenvalue weighted by Gasteiger charge is -2.10. The molecule has 0 aliphatic heterocycles. The van der Waals surface area contributed by atoms with E-state index in [0.29, 0.717) is 15.8 Å². The molecule has 1 aromatic rings. The first-order chi connectivity index (χ1) is 8.79. The molecule has 19 heavy (non-hydrogen) atoms. The van der Waals surface area contributed by atoms with Gasteiger partial charge in [-0.05, 0) is 28.1 Å². The molecule has 0 saturated carbocycles. The van der Waals surface area contributed by atoms with Crippen LogP contribution in [0.15, 0.2) is 28.7 Å². The fourth-order valence-corrected chi connectivity index (χ4v) is 2.15. The van der Waals surface area contributed by atoms with Gasteiger partial charge in [-0.2, -0.15) is 0 Å². The van der Waals surface area contributed by atoms with Crippen LogP contribution in [0.3, 0.4) is 0 Å². The Labute approximate surface area is 119 Å². The lowest BCUT2D eigenvalue weighted by molar-refractivity contribution is -0.131. The Bertz CT molecular complexity index is 592. The van der Waals surface area contributed by atoms with Crippen LogP contribution in [0.25, 0.3) is 6.08 Å². The predicted molar refractivity (Wildman–Crippen MR) is 76.0 cm³/mol. The molecule has 0 amide bonds. The molecule has 104 valence electrons. The van der Waals surface area contributed by atoms with Crippen molar-refractivity contribution in [2.45, 2.75) is 0 Å². The Balaban J connectivity index is 2.89. The van der Waals surface area contributed by atoms with Crippen LogP contribution in [0.4, 0.5) is 0 Å². The molecule has 0 aliphatic rings. The van der Waals surface area contributed by atoms with Crippen LogP contribution in [-0.2, 0) is 14.6 Å². The van der Waals surface area contributed by atoms with E-state index in [1.54, 1.807) is 18.2 Å². The van der Waals surface area contributed by atoms with Gasteiger partial charge in [0, 0.05) is 17.9 Å². The molecule has 0 aromatic heterocycles. The Morgan fingerprint density at radius 2 is 2.16 bits per heavy atom. The molecule has 1 rings (SSSR count). The summed E-state index contributed by atoms with van der Waals surface area (Å²) in [7, 11) is -3.10. The molecule has 0 spiro atoms.